The molecule has 2 heterocycles. The minimum Gasteiger partial charge on any atom is -0.349 e. The number of halogens is 1. The number of nitrogens with one attached hydrogen (secondary N) is 1. The fourth-order valence-electron chi connectivity index (χ4n) is 3.98. The molecule has 4 rings (SSSR count). The van der Waals surface area contributed by atoms with Gasteiger partial charge in [0.25, 0.3) is 5.91 Å². The standard InChI is InChI=1S/C23H25FN4O/c1-16-25-11-12-28(16)15-17-5-8-21(9-6-17)27-23(29)19-7-10-22(26-14-19)18-3-2-4-20(24)13-18/h2-4,7,10-14,17,21H,5-6,8-9,15H2,1H3,(H,27,29)/t17-,21-. The second kappa shape index (κ2) is 8.55. The van der Waals surface area contributed by atoms with E-state index in [4.69, 9.17) is 0 Å². The number of benzene rings is 1. The first-order chi connectivity index (χ1) is 14.1. The molecule has 1 saturated carbocycles. The van der Waals surface area contributed by atoms with E-state index < -0.39 is 0 Å². The molecule has 0 atom stereocenters. The molecule has 0 aliphatic heterocycles. The molecule has 6 heteroatoms. The van der Waals surface area contributed by atoms with Crippen molar-refractivity contribution in [1.82, 2.24) is 19.9 Å². The van der Waals surface area contributed by atoms with E-state index in [0.717, 1.165) is 38.1 Å². The number of imidazole rings is 1. The Morgan fingerprint density at radius 1 is 1.17 bits per heavy atom. The van der Waals surface area contributed by atoms with Gasteiger partial charge < -0.3 is 9.88 Å². The molecule has 1 amide bonds. The lowest BCUT2D eigenvalue weighted by molar-refractivity contribution is 0.0920. The Morgan fingerprint density at radius 2 is 2.00 bits per heavy atom. The van der Waals surface area contributed by atoms with Crippen molar-refractivity contribution in [3.05, 3.63) is 72.2 Å². The van der Waals surface area contributed by atoms with Crippen molar-refractivity contribution in [3.63, 3.8) is 0 Å². The number of aryl methyl sites for hydroxylation is 1. The van der Waals surface area contributed by atoms with Crippen molar-refractivity contribution < 1.29 is 9.18 Å². The third-order valence-corrected chi connectivity index (χ3v) is 5.71. The van der Waals surface area contributed by atoms with Crippen LogP contribution in [0.2, 0.25) is 0 Å². The van der Waals surface area contributed by atoms with E-state index in [-0.39, 0.29) is 17.8 Å². The maximum Gasteiger partial charge on any atom is 0.253 e. The van der Waals surface area contributed by atoms with E-state index in [1.807, 2.05) is 19.3 Å². The predicted octanol–water partition coefficient (Wildman–Crippen LogP) is 4.38. The van der Waals surface area contributed by atoms with Gasteiger partial charge in [-0.05, 0) is 62.8 Å². The van der Waals surface area contributed by atoms with Crippen molar-refractivity contribution in [3.8, 4) is 11.3 Å². The highest BCUT2D eigenvalue weighted by Gasteiger charge is 2.23. The van der Waals surface area contributed by atoms with Crippen molar-refractivity contribution in [2.75, 3.05) is 0 Å². The molecule has 2 aromatic heterocycles. The number of pyridine rings is 1. The average Bonchev–Trinajstić information content (AvgIpc) is 3.14. The minimum atomic E-state index is -0.301. The number of aromatic nitrogens is 3. The predicted molar refractivity (Wildman–Crippen MR) is 110 cm³/mol. The smallest absolute Gasteiger partial charge is 0.253 e. The summed E-state index contributed by atoms with van der Waals surface area (Å²) in [6, 6.07) is 9.99. The molecule has 29 heavy (non-hydrogen) atoms. The summed E-state index contributed by atoms with van der Waals surface area (Å²) in [5.41, 5.74) is 1.88. The van der Waals surface area contributed by atoms with E-state index >= 15 is 0 Å². The molecule has 0 spiro atoms. The molecule has 3 aromatic rings. The first-order valence-electron chi connectivity index (χ1n) is 10.1. The number of amides is 1. The van der Waals surface area contributed by atoms with Crippen LogP contribution in [0, 0.1) is 18.7 Å². The molecule has 150 valence electrons. The van der Waals surface area contributed by atoms with Crippen LogP contribution >= 0.6 is 0 Å². The Balaban J connectivity index is 1.30. The van der Waals surface area contributed by atoms with Crippen LogP contribution < -0.4 is 5.32 Å². The maximum atomic E-state index is 13.4. The van der Waals surface area contributed by atoms with Crippen molar-refractivity contribution >= 4 is 5.91 Å². The van der Waals surface area contributed by atoms with Crippen molar-refractivity contribution in [2.45, 2.75) is 45.2 Å². The number of carbonyl (C=O) groups is 1. The van der Waals surface area contributed by atoms with Crippen LogP contribution in [0.3, 0.4) is 0 Å². The zero-order chi connectivity index (χ0) is 20.2. The van der Waals surface area contributed by atoms with Gasteiger partial charge in [-0.25, -0.2) is 9.37 Å². The summed E-state index contributed by atoms with van der Waals surface area (Å²) in [4.78, 5) is 21.2. The van der Waals surface area contributed by atoms with Gasteiger partial charge in [0.15, 0.2) is 0 Å². The van der Waals surface area contributed by atoms with Gasteiger partial charge in [0.05, 0.1) is 11.3 Å². The van der Waals surface area contributed by atoms with Crippen LogP contribution in [-0.2, 0) is 6.54 Å². The molecule has 1 N–H and O–H groups in total. The zero-order valence-corrected chi connectivity index (χ0v) is 16.5. The lowest BCUT2D eigenvalue weighted by Gasteiger charge is -2.29. The Bertz CT molecular complexity index is 975. The Labute approximate surface area is 170 Å². The fourth-order valence-corrected chi connectivity index (χ4v) is 3.98. The van der Waals surface area contributed by atoms with Crippen LogP contribution in [0.15, 0.2) is 55.0 Å². The molecular weight excluding hydrogens is 367 g/mol. The number of nitrogens with zero attached hydrogens (tertiary/aromatic N) is 3. The van der Waals surface area contributed by atoms with E-state index in [2.05, 4.69) is 19.9 Å². The zero-order valence-electron chi connectivity index (χ0n) is 16.5. The van der Waals surface area contributed by atoms with Crippen molar-refractivity contribution in [2.24, 2.45) is 5.92 Å². The average molecular weight is 392 g/mol. The van der Waals surface area contributed by atoms with Gasteiger partial charge in [-0.1, -0.05) is 12.1 Å². The summed E-state index contributed by atoms with van der Waals surface area (Å²) in [5, 5.41) is 3.14. The monoisotopic (exact) mass is 392 g/mol. The number of hydrogen-bond donors (Lipinski definition) is 1. The Hall–Kier alpha value is -3.02. The lowest BCUT2D eigenvalue weighted by Crippen LogP contribution is -2.38. The molecule has 0 unspecified atom stereocenters. The third kappa shape index (κ3) is 4.70. The molecule has 1 aromatic carbocycles. The van der Waals surface area contributed by atoms with Gasteiger partial charge in [0.2, 0.25) is 0 Å². The number of hydrogen-bond acceptors (Lipinski definition) is 3. The summed E-state index contributed by atoms with van der Waals surface area (Å²) >= 11 is 0. The second-order valence-corrected chi connectivity index (χ2v) is 7.76. The van der Waals surface area contributed by atoms with Gasteiger partial charge in [-0.2, -0.15) is 0 Å². The lowest BCUT2D eigenvalue weighted by atomic mass is 9.86. The highest BCUT2D eigenvalue weighted by molar-refractivity contribution is 5.94. The van der Waals surface area contributed by atoms with E-state index in [0.29, 0.717) is 22.7 Å². The minimum absolute atomic E-state index is 0.0998. The third-order valence-electron chi connectivity index (χ3n) is 5.71. The quantitative estimate of drug-likeness (QED) is 0.701. The summed E-state index contributed by atoms with van der Waals surface area (Å²) in [7, 11) is 0. The highest BCUT2D eigenvalue weighted by atomic mass is 19.1. The Kier molecular flexibility index (Phi) is 5.69. The maximum absolute atomic E-state index is 13.4. The van der Waals surface area contributed by atoms with Crippen LogP contribution in [0.25, 0.3) is 11.3 Å². The van der Waals surface area contributed by atoms with Crippen LogP contribution in [0.4, 0.5) is 4.39 Å². The molecule has 0 bridgehead atoms. The number of carbonyl (C=O) groups excluding carboxylic acids is 1. The topological polar surface area (TPSA) is 59.8 Å². The molecule has 0 radical (unpaired) electrons. The molecule has 1 aliphatic rings. The van der Waals surface area contributed by atoms with E-state index in [1.165, 1.54) is 12.1 Å². The molecular formula is C23H25FN4O. The van der Waals surface area contributed by atoms with Crippen molar-refractivity contribution in [1.29, 1.82) is 0 Å². The summed E-state index contributed by atoms with van der Waals surface area (Å²) in [5.74, 6) is 1.28. The Morgan fingerprint density at radius 3 is 2.66 bits per heavy atom. The second-order valence-electron chi connectivity index (χ2n) is 7.76. The van der Waals surface area contributed by atoms with E-state index in [1.54, 1.807) is 30.5 Å². The first kappa shape index (κ1) is 19.3. The van der Waals surface area contributed by atoms with Gasteiger partial charge in [-0.3, -0.25) is 9.78 Å². The SMILES string of the molecule is Cc1nccn1C[C@H]1CC[C@H](NC(=O)c2ccc(-c3cccc(F)c3)nc2)CC1. The van der Waals surface area contributed by atoms with Gasteiger partial charge in [0.1, 0.15) is 11.6 Å². The highest BCUT2D eigenvalue weighted by Crippen LogP contribution is 2.26. The molecule has 1 aliphatic carbocycles. The summed E-state index contributed by atoms with van der Waals surface area (Å²) in [6.07, 6.45) is 9.60. The van der Waals surface area contributed by atoms with Crippen LogP contribution in [-0.4, -0.2) is 26.5 Å². The van der Waals surface area contributed by atoms with Crippen LogP contribution in [0.5, 0.6) is 0 Å². The van der Waals surface area contributed by atoms with Crippen LogP contribution in [0.1, 0.15) is 41.9 Å². The van der Waals surface area contributed by atoms with Gasteiger partial charge >= 0.3 is 0 Å². The fraction of sp³-hybridized carbons (Fsp3) is 0.348. The normalized spacial score (nSPS) is 19.1. The molecule has 1 fully saturated rings. The van der Waals surface area contributed by atoms with Gasteiger partial charge in [0, 0.05) is 36.7 Å². The first-order valence-corrected chi connectivity index (χ1v) is 10.1. The molecule has 0 saturated heterocycles. The molecule has 5 nitrogen and oxygen atoms in total. The van der Waals surface area contributed by atoms with E-state index in [9.17, 15) is 9.18 Å². The summed E-state index contributed by atoms with van der Waals surface area (Å²) in [6.45, 7) is 3.03. The largest absolute Gasteiger partial charge is 0.349 e. The van der Waals surface area contributed by atoms with Gasteiger partial charge in [-0.15, -0.1) is 0 Å². The number of rotatable bonds is 5. The summed E-state index contributed by atoms with van der Waals surface area (Å²) < 4.78 is 15.6.